The molecule has 0 radical (unpaired) electrons. The zero-order valence-corrected chi connectivity index (χ0v) is 17.7. The van der Waals surface area contributed by atoms with Crippen LogP contribution in [0.15, 0.2) is 102 Å². The van der Waals surface area contributed by atoms with Gasteiger partial charge in [-0.2, -0.15) is 0 Å². The van der Waals surface area contributed by atoms with Gasteiger partial charge < -0.3 is 0 Å². The lowest BCUT2D eigenvalue weighted by Crippen LogP contribution is -2.10. The predicted octanol–water partition coefficient (Wildman–Crippen LogP) is 6.60. The van der Waals surface area contributed by atoms with E-state index in [2.05, 4.69) is 54.6 Å². The van der Waals surface area contributed by atoms with Crippen LogP contribution < -0.4 is 0 Å². The molecular formula is C27H19NO2S. The van der Waals surface area contributed by atoms with Crippen LogP contribution >= 0.6 is 0 Å². The summed E-state index contributed by atoms with van der Waals surface area (Å²) in [5, 5.41) is 7.23. The molecule has 5 aromatic carbocycles. The van der Waals surface area contributed by atoms with E-state index in [1.165, 1.54) is 30.9 Å². The fourth-order valence-electron chi connectivity index (χ4n) is 4.50. The first-order valence-corrected chi connectivity index (χ1v) is 11.6. The average Bonchev–Trinajstić information content (AvgIpc) is 3.29. The zero-order chi connectivity index (χ0) is 21.2. The first-order valence-electron chi connectivity index (χ1n) is 10.2. The summed E-state index contributed by atoms with van der Waals surface area (Å²) in [4.78, 5) is 0.288. The van der Waals surface area contributed by atoms with Gasteiger partial charge in [-0.1, -0.05) is 72.3 Å². The van der Waals surface area contributed by atoms with Crippen molar-refractivity contribution in [1.29, 1.82) is 0 Å². The quantitative estimate of drug-likeness (QED) is 0.302. The Balaban J connectivity index is 1.55. The summed E-state index contributed by atoms with van der Waals surface area (Å²) < 4.78 is 27.5. The fourth-order valence-corrected chi connectivity index (χ4v) is 5.70. The molecule has 31 heavy (non-hydrogen) atoms. The molecule has 0 fully saturated rings. The van der Waals surface area contributed by atoms with Gasteiger partial charge in [0.1, 0.15) is 0 Å². The highest BCUT2D eigenvalue weighted by molar-refractivity contribution is 7.90. The molecule has 6 aromatic rings. The number of hydrogen-bond acceptors (Lipinski definition) is 2. The van der Waals surface area contributed by atoms with Crippen LogP contribution in [0.3, 0.4) is 0 Å². The van der Waals surface area contributed by atoms with Gasteiger partial charge in [-0.15, -0.1) is 0 Å². The van der Waals surface area contributed by atoms with E-state index in [4.69, 9.17) is 0 Å². The molecule has 6 rings (SSSR count). The summed E-state index contributed by atoms with van der Waals surface area (Å²) in [5.74, 6) is 0. The van der Waals surface area contributed by atoms with Crippen LogP contribution in [0.1, 0.15) is 5.56 Å². The lowest BCUT2D eigenvalue weighted by Gasteiger charge is -2.13. The van der Waals surface area contributed by atoms with Crippen molar-refractivity contribution in [1.82, 2.24) is 3.97 Å². The Hall–Kier alpha value is -3.63. The molecule has 0 unspecified atom stereocenters. The van der Waals surface area contributed by atoms with E-state index in [1.54, 1.807) is 24.5 Å². The SMILES string of the molecule is Cc1ccc(S(=O)(=O)n2ccc(-c3ccc4ccc5cccc6ccc3c4c56)c2)cc1. The Morgan fingerprint density at radius 2 is 1.32 bits per heavy atom. The summed E-state index contributed by atoms with van der Waals surface area (Å²) in [6.45, 7) is 1.94. The number of aromatic nitrogens is 1. The third-order valence-corrected chi connectivity index (χ3v) is 7.75. The van der Waals surface area contributed by atoms with E-state index in [0.29, 0.717) is 0 Å². The number of benzene rings is 5. The van der Waals surface area contributed by atoms with Gasteiger partial charge in [0.2, 0.25) is 0 Å². The Kier molecular flexibility index (Phi) is 3.77. The summed E-state index contributed by atoms with van der Waals surface area (Å²) in [6, 6.07) is 28.0. The van der Waals surface area contributed by atoms with Crippen LogP contribution in [0.5, 0.6) is 0 Å². The Bertz CT molecular complexity index is 1680. The van der Waals surface area contributed by atoms with Gasteiger partial charge >= 0.3 is 0 Å². The van der Waals surface area contributed by atoms with Gasteiger partial charge in [0.05, 0.1) is 4.90 Å². The fraction of sp³-hybridized carbons (Fsp3) is 0.0370. The molecule has 0 aliphatic rings. The first-order chi connectivity index (χ1) is 15.0. The maximum Gasteiger partial charge on any atom is 0.267 e. The third kappa shape index (κ3) is 2.69. The van der Waals surface area contributed by atoms with Crippen molar-refractivity contribution in [3.8, 4) is 11.1 Å². The standard InChI is InChI=1S/C27H19NO2S/c1-18-5-11-23(12-6-18)31(29,30)28-16-15-22(17-28)24-13-9-21-8-7-19-3-2-4-20-10-14-25(24)27(21)26(19)20/h2-17H,1H3. The lowest BCUT2D eigenvalue weighted by atomic mass is 9.90. The Labute approximate surface area is 180 Å². The van der Waals surface area contributed by atoms with Crippen LogP contribution in [0.25, 0.3) is 43.4 Å². The van der Waals surface area contributed by atoms with Crippen molar-refractivity contribution in [2.45, 2.75) is 11.8 Å². The minimum absolute atomic E-state index is 0.288. The van der Waals surface area contributed by atoms with Crippen molar-refractivity contribution in [3.63, 3.8) is 0 Å². The summed E-state index contributed by atoms with van der Waals surface area (Å²) in [7, 11) is -3.63. The second-order valence-corrected chi connectivity index (χ2v) is 9.86. The first kappa shape index (κ1) is 18.2. The molecule has 0 saturated heterocycles. The van der Waals surface area contributed by atoms with E-state index >= 15 is 0 Å². The second kappa shape index (κ2) is 6.43. The van der Waals surface area contributed by atoms with Gasteiger partial charge in [-0.3, -0.25) is 0 Å². The van der Waals surface area contributed by atoms with Crippen molar-refractivity contribution in [2.24, 2.45) is 0 Å². The minimum Gasteiger partial charge on any atom is -0.248 e. The molecule has 1 aromatic heterocycles. The van der Waals surface area contributed by atoms with Gasteiger partial charge in [0.25, 0.3) is 10.0 Å². The van der Waals surface area contributed by atoms with Crippen molar-refractivity contribution >= 4 is 42.3 Å². The molecular weight excluding hydrogens is 402 g/mol. The summed E-state index contributed by atoms with van der Waals surface area (Å²) >= 11 is 0. The van der Waals surface area contributed by atoms with E-state index in [9.17, 15) is 8.42 Å². The smallest absolute Gasteiger partial charge is 0.248 e. The number of aryl methyl sites for hydroxylation is 1. The van der Waals surface area contributed by atoms with E-state index in [0.717, 1.165) is 22.1 Å². The highest BCUT2D eigenvalue weighted by atomic mass is 32.2. The van der Waals surface area contributed by atoms with Gasteiger partial charge in [0, 0.05) is 18.0 Å². The van der Waals surface area contributed by atoms with Crippen LogP contribution in [0.2, 0.25) is 0 Å². The molecule has 0 saturated carbocycles. The minimum atomic E-state index is -3.63. The molecule has 0 aliphatic carbocycles. The third-order valence-electron chi connectivity index (χ3n) is 6.10. The van der Waals surface area contributed by atoms with Crippen LogP contribution in [0.4, 0.5) is 0 Å². The normalized spacial score (nSPS) is 12.3. The van der Waals surface area contributed by atoms with Crippen LogP contribution in [0, 0.1) is 6.92 Å². The predicted molar refractivity (Wildman–Crippen MR) is 127 cm³/mol. The number of rotatable bonds is 3. The second-order valence-electron chi connectivity index (χ2n) is 8.02. The zero-order valence-electron chi connectivity index (χ0n) is 16.9. The van der Waals surface area contributed by atoms with E-state index < -0.39 is 10.0 Å². The molecule has 0 bridgehead atoms. The molecule has 0 N–H and O–H groups in total. The van der Waals surface area contributed by atoms with Gasteiger partial charge in [0.15, 0.2) is 0 Å². The highest BCUT2D eigenvalue weighted by Gasteiger charge is 2.18. The summed E-state index contributed by atoms with van der Waals surface area (Å²) in [5.41, 5.74) is 2.94. The average molecular weight is 422 g/mol. The Morgan fingerprint density at radius 3 is 2.06 bits per heavy atom. The Morgan fingerprint density at radius 1 is 0.677 bits per heavy atom. The largest absolute Gasteiger partial charge is 0.267 e. The van der Waals surface area contributed by atoms with Crippen LogP contribution in [-0.4, -0.2) is 12.4 Å². The van der Waals surface area contributed by atoms with Crippen molar-refractivity contribution < 1.29 is 8.42 Å². The van der Waals surface area contributed by atoms with Crippen LogP contribution in [-0.2, 0) is 10.0 Å². The monoisotopic (exact) mass is 421 g/mol. The van der Waals surface area contributed by atoms with Crippen molar-refractivity contribution in [2.75, 3.05) is 0 Å². The number of hydrogen-bond donors (Lipinski definition) is 0. The van der Waals surface area contributed by atoms with Crippen molar-refractivity contribution in [3.05, 3.63) is 103 Å². The molecule has 1 heterocycles. The van der Waals surface area contributed by atoms with Gasteiger partial charge in [-0.05, 0) is 63.0 Å². The molecule has 3 nitrogen and oxygen atoms in total. The molecule has 150 valence electrons. The molecule has 0 aliphatic heterocycles. The topological polar surface area (TPSA) is 39.1 Å². The summed E-state index contributed by atoms with van der Waals surface area (Å²) in [6.07, 6.45) is 3.34. The maximum atomic E-state index is 13.1. The number of nitrogens with zero attached hydrogens (tertiary/aromatic N) is 1. The molecule has 0 spiro atoms. The lowest BCUT2D eigenvalue weighted by molar-refractivity contribution is 0.587. The van der Waals surface area contributed by atoms with E-state index in [1.807, 2.05) is 25.1 Å². The molecule has 0 amide bonds. The van der Waals surface area contributed by atoms with E-state index in [-0.39, 0.29) is 4.90 Å². The highest BCUT2D eigenvalue weighted by Crippen LogP contribution is 2.39. The molecule has 4 heteroatoms. The van der Waals surface area contributed by atoms with Gasteiger partial charge in [-0.25, -0.2) is 12.4 Å². The molecule has 0 atom stereocenters. The maximum absolute atomic E-state index is 13.1.